The highest BCUT2D eigenvalue weighted by Gasteiger charge is 2.33. The van der Waals surface area contributed by atoms with E-state index in [9.17, 15) is 9.59 Å². The van der Waals surface area contributed by atoms with Gasteiger partial charge in [0, 0.05) is 25.4 Å². The molecule has 1 aliphatic rings. The van der Waals surface area contributed by atoms with Crippen LogP contribution in [0.25, 0.3) is 0 Å². The lowest BCUT2D eigenvalue weighted by Crippen LogP contribution is -2.42. The number of likely N-dealkylation sites (tertiary alicyclic amines) is 1. The molecule has 6 heteroatoms. The van der Waals surface area contributed by atoms with E-state index in [1.165, 1.54) is 6.42 Å². The van der Waals surface area contributed by atoms with Gasteiger partial charge in [-0.1, -0.05) is 26.2 Å². The monoisotopic (exact) mass is 404 g/mol. The first-order valence-electron chi connectivity index (χ1n) is 10.9. The van der Waals surface area contributed by atoms with Gasteiger partial charge in [-0.2, -0.15) is 0 Å². The number of benzene rings is 1. The molecule has 1 N–H and O–H groups in total. The van der Waals surface area contributed by atoms with Gasteiger partial charge in [-0.3, -0.25) is 9.59 Å². The van der Waals surface area contributed by atoms with Gasteiger partial charge in [0.15, 0.2) is 6.61 Å². The fraction of sp³-hybridized carbons (Fsp3) is 0.652. The van der Waals surface area contributed by atoms with E-state index >= 15 is 0 Å². The van der Waals surface area contributed by atoms with Crippen molar-refractivity contribution in [2.45, 2.75) is 71.3 Å². The minimum atomic E-state index is -0.833. The highest BCUT2D eigenvalue weighted by atomic mass is 16.5. The molecule has 0 radical (unpaired) electrons. The number of carbonyl (C=O) groups excluding carboxylic acids is 2. The Kier molecular flexibility index (Phi) is 9.45. The highest BCUT2D eigenvalue weighted by molar-refractivity contribution is 5.97. The van der Waals surface area contributed by atoms with E-state index in [2.05, 4.69) is 12.2 Å². The molecule has 2 rings (SSSR count). The van der Waals surface area contributed by atoms with Gasteiger partial charge in [-0.15, -0.1) is 0 Å². The SMILES string of the molecule is CCCCCC(C)(OCC)C(=O)Nc1ccc(OCC(=O)N2CCCCC2)cc1. The van der Waals surface area contributed by atoms with E-state index in [0.717, 1.165) is 45.2 Å². The molecule has 29 heavy (non-hydrogen) atoms. The molecule has 0 spiro atoms. The van der Waals surface area contributed by atoms with Gasteiger partial charge in [0.25, 0.3) is 11.8 Å². The van der Waals surface area contributed by atoms with Crippen LogP contribution in [0.5, 0.6) is 5.75 Å². The van der Waals surface area contributed by atoms with Gasteiger partial charge >= 0.3 is 0 Å². The smallest absolute Gasteiger partial charge is 0.260 e. The van der Waals surface area contributed by atoms with Crippen molar-refractivity contribution in [3.63, 3.8) is 0 Å². The second kappa shape index (κ2) is 11.8. The van der Waals surface area contributed by atoms with E-state index < -0.39 is 5.60 Å². The van der Waals surface area contributed by atoms with Gasteiger partial charge in [0.05, 0.1) is 0 Å². The molecule has 2 amide bonds. The van der Waals surface area contributed by atoms with Crippen molar-refractivity contribution in [2.24, 2.45) is 0 Å². The summed E-state index contributed by atoms with van der Waals surface area (Å²) in [5.74, 6) is 0.509. The van der Waals surface area contributed by atoms with Gasteiger partial charge in [-0.25, -0.2) is 0 Å². The Balaban J connectivity index is 1.86. The summed E-state index contributed by atoms with van der Waals surface area (Å²) in [7, 11) is 0. The molecule has 0 aromatic heterocycles. The topological polar surface area (TPSA) is 67.9 Å². The molecular weight excluding hydrogens is 368 g/mol. The molecule has 1 saturated heterocycles. The van der Waals surface area contributed by atoms with E-state index in [4.69, 9.17) is 9.47 Å². The predicted molar refractivity (Wildman–Crippen MR) is 115 cm³/mol. The van der Waals surface area contributed by atoms with Crippen LogP contribution in [0.4, 0.5) is 5.69 Å². The Hall–Kier alpha value is -2.08. The zero-order valence-corrected chi connectivity index (χ0v) is 18.2. The van der Waals surface area contributed by atoms with Crippen molar-refractivity contribution in [1.29, 1.82) is 0 Å². The van der Waals surface area contributed by atoms with Crippen LogP contribution in [-0.4, -0.2) is 48.6 Å². The molecule has 0 aliphatic carbocycles. The van der Waals surface area contributed by atoms with Gasteiger partial charge in [0.2, 0.25) is 0 Å². The lowest BCUT2D eigenvalue weighted by Gasteiger charge is -2.28. The lowest BCUT2D eigenvalue weighted by atomic mass is 9.96. The number of carbonyl (C=O) groups is 2. The van der Waals surface area contributed by atoms with Crippen molar-refractivity contribution < 1.29 is 19.1 Å². The summed E-state index contributed by atoms with van der Waals surface area (Å²) in [4.78, 5) is 26.8. The van der Waals surface area contributed by atoms with Crippen LogP contribution in [0.3, 0.4) is 0 Å². The average Bonchev–Trinajstić information content (AvgIpc) is 2.74. The zero-order chi connectivity index (χ0) is 21.1. The molecule has 1 aromatic carbocycles. The van der Waals surface area contributed by atoms with E-state index in [1.54, 1.807) is 24.3 Å². The molecule has 1 unspecified atom stereocenters. The van der Waals surface area contributed by atoms with Gasteiger partial charge < -0.3 is 19.7 Å². The maximum atomic E-state index is 12.8. The fourth-order valence-electron chi connectivity index (χ4n) is 3.56. The van der Waals surface area contributed by atoms with Crippen molar-refractivity contribution in [1.82, 2.24) is 4.90 Å². The van der Waals surface area contributed by atoms with Crippen molar-refractivity contribution >= 4 is 17.5 Å². The molecular formula is C23H36N2O4. The summed E-state index contributed by atoms with van der Waals surface area (Å²) in [5.41, 5.74) is -0.147. The minimum Gasteiger partial charge on any atom is -0.484 e. The minimum absolute atomic E-state index is 0.0293. The van der Waals surface area contributed by atoms with Gasteiger partial charge in [-0.05, 0) is 63.8 Å². The number of piperidine rings is 1. The Morgan fingerprint density at radius 3 is 2.38 bits per heavy atom. The van der Waals surface area contributed by atoms with Crippen molar-refractivity contribution in [3.05, 3.63) is 24.3 Å². The van der Waals surface area contributed by atoms with Crippen LogP contribution in [-0.2, 0) is 14.3 Å². The van der Waals surface area contributed by atoms with Crippen LogP contribution in [0.1, 0.15) is 65.7 Å². The van der Waals surface area contributed by atoms with Crippen LogP contribution >= 0.6 is 0 Å². The number of hydrogen-bond acceptors (Lipinski definition) is 4. The molecule has 0 saturated carbocycles. The van der Waals surface area contributed by atoms with E-state index in [-0.39, 0.29) is 18.4 Å². The maximum absolute atomic E-state index is 12.8. The average molecular weight is 405 g/mol. The van der Waals surface area contributed by atoms with Crippen LogP contribution in [0.15, 0.2) is 24.3 Å². The Bertz CT molecular complexity index is 641. The molecule has 1 heterocycles. The third kappa shape index (κ3) is 7.35. The van der Waals surface area contributed by atoms with E-state index in [1.807, 2.05) is 18.7 Å². The maximum Gasteiger partial charge on any atom is 0.260 e. The number of hydrogen-bond donors (Lipinski definition) is 1. The molecule has 1 aromatic rings. The first kappa shape index (κ1) is 23.2. The second-order valence-electron chi connectivity index (χ2n) is 7.83. The molecule has 1 aliphatic heterocycles. The summed E-state index contributed by atoms with van der Waals surface area (Å²) < 4.78 is 11.4. The first-order valence-corrected chi connectivity index (χ1v) is 10.9. The number of anilines is 1. The Morgan fingerprint density at radius 1 is 1.07 bits per heavy atom. The Labute approximate surface area is 174 Å². The summed E-state index contributed by atoms with van der Waals surface area (Å²) in [6.07, 6.45) is 7.17. The largest absolute Gasteiger partial charge is 0.484 e. The third-order valence-electron chi connectivity index (χ3n) is 5.38. The number of rotatable bonds is 11. The van der Waals surface area contributed by atoms with Crippen LogP contribution in [0, 0.1) is 0 Å². The van der Waals surface area contributed by atoms with Crippen LogP contribution in [0.2, 0.25) is 0 Å². The summed E-state index contributed by atoms with van der Waals surface area (Å²) in [5, 5.41) is 2.94. The molecule has 1 fully saturated rings. The number of nitrogens with zero attached hydrogens (tertiary/aromatic N) is 1. The molecule has 1 atom stereocenters. The van der Waals surface area contributed by atoms with Crippen LogP contribution < -0.4 is 10.1 Å². The summed E-state index contributed by atoms with van der Waals surface area (Å²) in [6.45, 7) is 8.09. The summed E-state index contributed by atoms with van der Waals surface area (Å²) >= 11 is 0. The number of ether oxygens (including phenoxy) is 2. The molecule has 162 valence electrons. The zero-order valence-electron chi connectivity index (χ0n) is 18.2. The normalized spacial score (nSPS) is 16.2. The highest BCUT2D eigenvalue weighted by Crippen LogP contribution is 2.23. The standard InChI is InChI=1S/C23H36N2O4/c1-4-6-8-15-23(3,29-5-2)22(27)24-19-11-13-20(14-12-19)28-18-21(26)25-16-9-7-10-17-25/h11-14H,4-10,15-18H2,1-3H3,(H,24,27). The van der Waals surface area contributed by atoms with Crippen molar-refractivity contribution in [2.75, 3.05) is 31.6 Å². The predicted octanol–water partition coefficient (Wildman–Crippen LogP) is 4.39. The third-order valence-corrected chi connectivity index (χ3v) is 5.38. The van der Waals surface area contributed by atoms with Gasteiger partial charge in [0.1, 0.15) is 11.4 Å². The van der Waals surface area contributed by atoms with E-state index in [0.29, 0.717) is 24.5 Å². The summed E-state index contributed by atoms with van der Waals surface area (Å²) in [6, 6.07) is 7.12. The number of amides is 2. The van der Waals surface area contributed by atoms with Crippen molar-refractivity contribution in [3.8, 4) is 5.75 Å². The Morgan fingerprint density at radius 2 is 1.76 bits per heavy atom. The lowest BCUT2D eigenvalue weighted by molar-refractivity contribution is -0.139. The quantitative estimate of drug-likeness (QED) is 0.555. The molecule has 0 bridgehead atoms. The number of nitrogens with one attached hydrogen (secondary N) is 1. The fourth-order valence-corrected chi connectivity index (χ4v) is 3.56. The second-order valence-corrected chi connectivity index (χ2v) is 7.83. The number of unbranched alkanes of at least 4 members (excludes halogenated alkanes) is 2. The molecule has 6 nitrogen and oxygen atoms in total. The first-order chi connectivity index (χ1) is 14.0.